The number of amides is 1. The number of rotatable bonds is 5. The van der Waals surface area contributed by atoms with Crippen molar-refractivity contribution in [3.8, 4) is 0 Å². The summed E-state index contributed by atoms with van der Waals surface area (Å²) in [5.74, 6) is -0.716. The van der Waals surface area contributed by atoms with E-state index < -0.39 is 18.7 Å². The predicted molar refractivity (Wildman–Crippen MR) is 54.6 cm³/mol. The number of aliphatic carboxylic acids is 1. The first-order valence-corrected chi connectivity index (χ1v) is 5.45. The fourth-order valence-corrected chi connectivity index (χ4v) is 1.73. The summed E-state index contributed by atoms with van der Waals surface area (Å²) in [6.45, 7) is -0.194. The molecule has 1 saturated carbocycles. The standard InChI is InChI=1S/C10H17NO5/c12-9(13)7-16-11-10(14)15-6-8-4-2-1-3-5-8/h8H,1-7H2,(H,11,14)(H,12,13). The fraction of sp³-hybridized carbons (Fsp3) is 0.800. The Labute approximate surface area is 93.9 Å². The summed E-state index contributed by atoms with van der Waals surface area (Å²) in [5, 5.41) is 8.24. The van der Waals surface area contributed by atoms with Crippen molar-refractivity contribution >= 4 is 12.1 Å². The third-order valence-corrected chi connectivity index (χ3v) is 2.53. The van der Waals surface area contributed by atoms with Gasteiger partial charge in [0.1, 0.15) is 0 Å². The highest BCUT2D eigenvalue weighted by atomic mass is 16.7. The zero-order valence-corrected chi connectivity index (χ0v) is 9.11. The molecule has 0 aromatic rings. The number of hydroxylamine groups is 1. The summed E-state index contributed by atoms with van der Waals surface area (Å²) in [6, 6.07) is 0. The first-order chi connectivity index (χ1) is 7.68. The van der Waals surface area contributed by atoms with E-state index in [4.69, 9.17) is 9.84 Å². The van der Waals surface area contributed by atoms with Crippen molar-refractivity contribution in [2.75, 3.05) is 13.2 Å². The van der Waals surface area contributed by atoms with E-state index in [9.17, 15) is 9.59 Å². The van der Waals surface area contributed by atoms with Crippen LogP contribution >= 0.6 is 0 Å². The van der Waals surface area contributed by atoms with Crippen LogP contribution in [0.5, 0.6) is 0 Å². The zero-order chi connectivity index (χ0) is 11.8. The van der Waals surface area contributed by atoms with Gasteiger partial charge >= 0.3 is 12.1 Å². The Kier molecular flexibility index (Phi) is 5.63. The lowest BCUT2D eigenvalue weighted by atomic mass is 9.90. The molecule has 6 heteroatoms. The van der Waals surface area contributed by atoms with Gasteiger partial charge < -0.3 is 9.84 Å². The van der Waals surface area contributed by atoms with Gasteiger partial charge in [-0.2, -0.15) is 5.48 Å². The SMILES string of the molecule is O=C(O)CONC(=O)OCC1CCCCC1. The molecule has 0 aliphatic heterocycles. The number of carboxylic acids is 1. The van der Waals surface area contributed by atoms with Crippen LogP contribution in [0.25, 0.3) is 0 Å². The molecule has 2 N–H and O–H groups in total. The highest BCUT2D eigenvalue weighted by Crippen LogP contribution is 2.23. The molecule has 0 aromatic heterocycles. The quantitative estimate of drug-likeness (QED) is 0.697. The van der Waals surface area contributed by atoms with Crippen LogP contribution in [0.2, 0.25) is 0 Å². The van der Waals surface area contributed by atoms with Gasteiger partial charge in [0.05, 0.1) is 6.61 Å². The van der Waals surface area contributed by atoms with Crippen LogP contribution in [0.1, 0.15) is 32.1 Å². The lowest BCUT2D eigenvalue weighted by Crippen LogP contribution is -2.29. The minimum Gasteiger partial charge on any atom is -0.479 e. The zero-order valence-electron chi connectivity index (χ0n) is 9.11. The smallest absolute Gasteiger partial charge is 0.431 e. The van der Waals surface area contributed by atoms with E-state index in [1.54, 1.807) is 0 Å². The number of hydrogen-bond donors (Lipinski definition) is 2. The summed E-state index contributed by atoms with van der Waals surface area (Å²) < 4.78 is 4.90. The number of ether oxygens (including phenoxy) is 1. The van der Waals surface area contributed by atoms with E-state index in [0.29, 0.717) is 12.5 Å². The fourth-order valence-electron chi connectivity index (χ4n) is 1.73. The molecule has 0 aromatic carbocycles. The Bertz CT molecular complexity index is 237. The highest BCUT2D eigenvalue weighted by molar-refractivity contribution is 5.69. The van der Waals surface area contributed by atoms with Gasteiger partial charge in [-0.25, -0.2) is 9.59 Å². The van der Waals surface area contributed by atoms with Crippen molar-refractivity contribution in [1.29, 1.82) is 0 Å². The van der Waals surface area contributed by atoms with E-state index in [2.05, 4.69) is 4.84 Å². The second-order valence-electron chi connectivity index (χ2n) is 3.89. The van der Waals surface area contributed by atoms with Gasteiger partial charge in [0, 0.05) is 0 Å². The number of carbonyl (C=O) groups is 2. The molecule has 1 aliphatic rings. The lowest BCUT2D eigenvalue weighted by molar-refractivity contribution is -0.144. The molecule has 0 radical (unpaired) electrons. The molecule has 0 unspecified atom stereocenters. The molecule has 16 heavy (non-hydrogen) atoms. The topological polar surface area (TPSA) is 84.9 Å². The van der Waals surface area contributed by atoms with Crippen molar-refractivity contribution in [3.63, 3.8) is 0 Å². The molecule has 0 heterocycles. The number of nitrogens with one attached hydrogen (secondary N) is 1. The largest absolute Gasteiger partial charge is 0.479 e. The van der Waals surface area contributed by atoms with Gasteiger partial charge in [-0.05, 0) is 18.8 Å². The molecular formula is C10H17NO5. The average Bonchev–Trinajstić information content (AvgIpc) is 2.27. The van der Waals surface area contributed by atoms with E-state index in [1.165, 1.54) is 19.3 Å². The molecule has 1 rings (SSSR count). The summed E-state index contributed by atoms with van der Waals surface area (Å²) in [6.07, 6.45) is 5.07. The van der Waals surface area contributed by atoms with Crippen molar-refractivity contribution in [2.45, 2.75) is 32.1 Å². The van der Waals surface area contributed by atoms with E-state index in [0.717, 1.165) is 12.8 Å². The molecule has 0 spiro atoms. The Morgan fingerprint density at radius 2 is 1.94 bits per heavy atom. The van der Waals surface area contributed by atoms with Gasteiger partial charge in [0.25, 0.3) is 0 Å². The van der Waals surface area contributed by atoms with E-state index >= 15 is 0 Å². The molecule has 1 aliphatic carbocycles. The van der Waals surface area contributed by atoms with Crippen molar-refractivity contribution in [1.82, 2.24) is 5.48 Å². The average molecular weight is 231 g/mol. The van der Waals surface area contributed by atoms with Crippen molar-refractivity contribution < 1.29 is 24.3 Å². The lowest BCUT2D eigenvalue weighted by Gasteiger charge is -2.20. The number of carbonyl (C=O) groups excluding carboxylic acids is 1. The third kappa shape index (κ3) is 5.55. The maximum absolute atomic E-state index is 11.0. The summed E-state index contributed by atoms with van der Waals surface area (Å²) in [4.78, 5) is 25.5. The van der Waals surface area contributed by atoms with E-state index in [1.807, 2.05) is 5.48 Å². The molecular weight excluding hydrogens is 214 g/mol. The van der Waals surface area contributed by atoms with Crippen molar-refractivity contribution in [3.05, 3.63) is 0 Å². The second-order valence-corrected chi connectivity index (χ2v) is 3.89. The maximum atomic E-state index is 11.0. The van der Waals surface area contributed by atoms with Gasteiger partial charge in [0.15, 0.2) is 6.61 Å². The Balaban J connectivity index is 2.02. The summed E-state index contributed by atoms with van der Waals surface area (Å²) in [7, 11) is 0. The molecule has 0 atom stereocenters. The maximum Gasteiger partial charge on any atom is 0.431 e. The number of hydrogen-bond acceptors (Lipinski definition) is 4. The van der Waals surface area contributed by atoms with Crippen LogP contribution in [-0.4, -0.2) is 30.4 Å². The molecule has 1 fully saturated rings. The molecule has 0 bridgehead atoms. The van der Waals surface area contributed by atoms with Gasteiger partial charge in [-0.3, -0.25) is 4.84 Å². The predicted octanol–water partition coefficient (Wildman–Crippen LogP) is 1.31. The normalized spacial score (nSPS) is 16.8. The molecule has 6 nitrogen and oxygen atoms in total. The highest BCUT2D eigenvalue weighted by Gasteiger charge is 2.15. The van der Waals surface area contributed by atoms with Crippen LogP contribution in [0, 0.1) is 5.92 Å². The third-order valence-electron chi connectivity index (χ3n) is 2.53. The van der Waals surface area contributed by atoms with Gasteiger partial charge in [-0.1, -0.05) is 19.3 Å². The Hall–Kier alpha value is -1.30. The molecule has 1 amide bonds. The molecule has 92 valence electrons. The first-order valence-electron chi connectivity index (χ1n) is 5.45. The second kappa shape index (κ2) is 7.05. The summed E-state index contributed by atoms with van der Waals surface area (Å²) >= 11 is 0. The van der Waals surface area contributed by atoms with E-state index in [-0.39, 0.29) is 0 Å². The van der Waals surface area contributed by atoms with Crippen LogP contribution < -0.4 is 5.48 Å². The van der Waals surface area contributed by atoms with Gasteiger partial charge in [0.2, 0.25) is 0 Å². The Morgan fingerprint density at radius 1 is 1.25 bits per heavy atom. The van der Waals surface area contributed by atoms with Crippen molar-refractivity contribution in [2.24, 2.45) is 5.92 Å². The minimum absolute atomic E-state index is 0.377. The Morgan fingerprint density at radius 3 is 2.56 bits per heavy atom. The van der Waals surface area contributed by atoms with Crippen LogP contribution in [-0.2, 0) is 14.4 Å². The minimum atomic E-state index is -1.15. The van der Waals surface area contributed by atoms with Crippen LogP contribution in [0.4, 0.5) is 4.79 Å². The summed E-state index contributed by atoms with van der Waals surface area (Å²) in [5.41, 5.74) is 1.91. The monoisotopic (exact) mass is 231 g/mol. The van der Waals surface area contributed by atoms with Gasteiger partial charge in [-0.15, -0.1) is 0 Å². The first kappa shape index (κ1) is 12.8. The molecule has 0 saturated heterocycles. The van der Waals surface area contributed by atoms with Crippen LogP contribution in [0.3, 0.4) is 0 Å². The number of carboxylic acid groups (broad SMARTS) is 1. The van der Waals surface area contributed by atoms with Crippen LogP contribution in [0.15, 0.2) is 0 Å².